The second-order valence-corrected chi connectivity index (χ2v) is 10.3. The minimum absolute atomic E-state index is 0.177. The molecule has 0 unspecified atom stereocenters. The molecule has 2 atom stereocenters. The molecule has 1 aliphatic heterocycles. The monoisotopic (exact) mass is 533 g/mol. The molecule has 0 spiro atoms. The van der Waals surface area contributed by atoms with Gasteiger partial charge in [-0.1, -0.05) is 97.6 Å². The van der Waals surface area contributed by atoms with E-state index in [1.807, 2.05) is 73.7 Å². The van der Waals surface area contributed by atoms with Gasteiger partial charge in [0, 0.05) is 5.92 Å². The zero-order valence-corrected chi connectivity index (χ0v) is 22.1. The van der Waals surface area contributed by atoms with Gasteiger partial charge in [-0.15, -0.1) is 0 Å². The van der Waals surface area contributed by atoms with E-state index in [0.29, 0.717) is 23.0 Å². The summed E-state index contributed by atoms with van der Waals surface area (Å²) in [7, 11) is 0. The predicted octanol–water partition coefficient (Wildman–Crippen LogP) is 6.29. The molecule has 0 saturated carbocycles. The molecule has 3 aromatic carbocycles. The number of ether oxygens (including phenoxy) is 2. The zero-order chi connectivity index (χ0) is 26.4. The van der Waals surface area contributed by atoms with Gasteiger partial charge in [-0.2, -0.15) is 0 Å². The Hall–Kier alpha value is -3.62. The molecular weight excluding hydrogens is 506 g/mol. The van der Waals surface area contributed by atoms with Crippen LogP contribution in [0.15, 0.2) is 83.8 Å². The van der Waals surface area contributed by atoms with Gasteiger partial charge in [0.2, 0.25) is 0 Å². The molecule has 37 heavy (non-hydrogen) atoms. The zero-order valence-electron chi connectivity index (χ0n) is 20.5. The molecule has 0 aromatic heterocycles. The Labute approximate surface area is 225 Å². The lowest BCUT2D eigenvalue weighted by Gasteiger charge is -2.20. The number of hydrogen-bond donors (Lipinski definition) is 1. The van der Waals surface area contributed by atoms with Crippen molar-refractivity contribution in [2.75, 3.05) is 13.2 Å². The summed E-state index contributed by atoms with van der Waals surface area (Å²) in [6.07, 6.45) is 1.46. The van der Waals surface area contributed by atoms with Crippen molar-refractivity contribution < 1.29 is 24.2 Å². The Morgan fingerprint density at radius 3 is 2.30 bits per heavy atom. The number of hydrogen-bond acceptors (Lipinski definition) is 6. The first-order valence-corrected chi connectivity index (χ1v) is 13.0. The van der Waals surface area contributed by atoms with Gasteiger partial charge in [-0.05, 0) is 41.8 Å². The van der Waals surface area contributed by atoms with Gasteiger partial charge in [0.05, 0.1) is 11.5 Å². The number of nitrogens with zero attached hydrogens (tertiary/aromatic N) is 1. The third kappa shape index (κ3) is 6.78. The predicted molar refractivity (Wildman–Crippen MR) is 150 cm³/mol. The SMILES string of the molecule is C[C@H](COc1ccc(/C=C2/SC(=S)N(CC(=O)O)C2=O)cc1O[C@H](C)c1ccccc1)c1ccccc1. The van der Waals surface area contributed by atoms with Gasteiger partial charge in [-0.25, -0.2) is 0 Å². The summed E-state index contributed by atoms with van der Waals surface area (Å²) in [5.74, 6) is -0.215. The number of thioether (sulfide) groups is 1. The number of carboxylic acid groups (broad SMARTS) is 1. The molecule has 0 radical (unpaired) electrons. The number of aliphatic carboxylic acids is 1. The van der Waals surface area contributed by atoms with Crippen molar-refractivity contribution >= 4 is 46.3 Å². The molecule has 4 rings (SSSR count). The van der Waals surface area contributed by atoms with Crippen LogP contribution in [0.4, 0.5) is 0 Å². The average molecular weight is 534 g/mol. The van der Waals surface area contributed by atoms with Crippen molar-refractivity contribution in [2.45, 2.75) is 25.9 Å². The summed E-state index contributed by atoms with van der Waals surface area (Å²) >= 11 is 6.29. The van der Waals surface area contributed by atoms with Gasteiger partial charge < -0.3 is 14.6 Å². The summed E-state index contributed by atoms with van der Waals surface area (Å²) in [6.45, 7) is 4.08. The quantitative estimate of drug-likeness (QED) is 0.242. The molecule has 6 nitrogen and oxygen atoms in total. The first kappa shape index (κ1) is 26.4. The van der Waals surface area contributed by atoms with E-state index in [9.17, 15) is 9.59 Å². The number of carbonyl (C=O) groups is 2. The maximum atomic E-state index is 12.7. The highest BCUT2D eigenvalue weighted by molar-refractivity contribution is 8.26. The summed E-state index contributed by atoms with van der Waals surface area (Å²) in [5.41, 5.74) is 2.92. The fraction of sp³-hybridized carbons (Fsp3) is 0.207. The Morgan fingerprint density at radius 2 is 1.65 bits per heavy atom. The molecule has 0 bridgehead atoms. The molecule has 8 heteroatoms. The molecule has 1 aliphatic rings. The molecule has 1 fully saturated rings. The first-order valence-electron chi connectivity index (χ1n) is 11.8. The fourth-order valence-corrected chi connectivity index (χ4v) is 5.08. The summed E-state index contributed by atoms with van der Waals surface area (Å²) in [5, 5.41) is 9.08. The van der Waals surface area contributed by atoms with E-state index in [1.165, 1.54) is 5.56 Å². The fourth-order valence-electron chi connectivity index (χ4n) is 3.82. The summed E-state index contributed by atoms with van der Waals surface area (Å²) < 4.78 is 12.8. The van der Waals surface area contributed by atoms with Crippen molar-refractivity contribution in [1.29, 1.82) is 0 Å². The van der Waals surface area contributed by atoms with Gasteiger partial charge >= 0.3 is 5.97 Å². The Kier molecular flexibility index (Phi) is 8.63. The van der Waals surface area contributed by atoms with E-state index < -0.39 is 18.4 Å². The lowest BCUT2D eigenvalue weighted by Crippen LogP contribution is -2.33. The Bertz CT molecular complexity index is 1310. The van der Waals surface area contributed by atoms with Crippen LogP contribution in [0.25, 0.3) is 6.08 Å². The topological polar surface area (TPSA) is 76.1 Å². The van der Waals surface area contributed by atoms with Crippen LogP contribution >= 0.6 is 24.0 Å². The van der Waals surface area contributed by atoms with Crippen LogP contribution < -0.4 is 9.47 Å². The minimum Gasteiger partial charge on any atom is -0.489 e. The van der Waals surface area contributed by atoms with E-state index in [4.69, 9.17) is 26.8 Å². The van der Waals surface area contributed by atoms with Gasteiger partial charge in [0.25, 0.3) is 5.91 Å². The van der Waals surface area contributed by atoms with E-state index in [2.05, 4.69) is 19.1 Å². The number of benzene rings is 3. The lowest BCUT2D eigenvalue weighted by molar-refractivity contribution is -0.140. The van der Waals surface area contributed by atoms with E-state index in [1.54, 1.807) is 6.08 Å². The Morgan fingerprint density at radius 1 is 1.00 bits per heavy atom. The highest BCUT2D eigenvalue weighted by Gasteiger charge is 2.33. The molecule has 1 heterocycles. The van der Waals surface area contributed by atoms with Gasteiger partial charge in [0.1, 0.15) is 17.0 Å². The minimum atomic E-state index is -1.12. The molecule has 1 amide bonds. The van der Waals surface area contributed by atoms with Crippen LogP contribution in [0.5, 0.6) is 11.5 Å². The van der Waals surface area contributed by atoms with Crippen LogP contribution in [0.3, 0.4) is 0 Å². The summed E-state index contributed by atoms with van der Waals surface area (Å²) in [4.78, 5) is 25.3. The normalized spacial score (nSPS) is 16.1. The second-order valence-electron chi connectivity index (χ2n) is 8.66. The van der Waals surface area contributed by atoms with Crippen LogP contribution in [-0.4, -0.2) is 39.4 Å². The molecule has 1 N–H and O–H groups in total. The second kappa shape index (κ2) is 12.1. The van der Waals surface area contributed by atoms with Crippen LogP contribution in [-0.2, 0) is 9.59 Å². The molecular formula is C29H27NO5S2. The van der Waals surface area contributed by atoms with Gasteiger partial charge in [0.15, 0.2) is 11.5 Å². The van der Waals surface area contributed by atoms with E-state index >= 15 is 0 Å². The number of amides is 1. The van der Waals surface area contributed by atoms with Crippen molar-refractivity contribution in [3.8, 4) is 11.5 Å². The molecule has 190 valence electrons. The van der Waals surface area contributed by atoms with Crippen molar-refractivity contribution in [3.05, 3.63) is 100 Å². The Balaban J connectivity index is 1.59. The smallest absolute Gasteiger partial charge is 0.323 e. The van der Waals surface area contributed by atoms with Crippen molar-refractivity contribution in [3.63, 3.8) is 0 Å². The van der Waals surface area contributed by atoms with Crippen LogP contribution in [0, 0.1) is 0 Å². The van der Waals surface area contributed by atoms with Crippen molar-refractivity contribution in [2.24, 2.45) is 0 Å². The summed E-state index contributed by atoms with van der Waals surface area (Å²) in [6, 6.07) is 25.5. The number of carboxylic acids is 1. The molecule has 3 aromatic rings. The maximum absolute atomic E-state index is 12.7. The number of rotatable bonds is 10. The highest BCUT2D eigenvalue weighted by atomic mass is 32.2. The molecule has 1 saturated heterocycles. The first-order chi connectivity index (χ1) is 17.8. The van der Waals surface area contributed by atoms with E-state index in [0.717, 1.165) is 27.8 Å². The maximum Gasteiger partial charge on any atom is 0.323 e. The van der Waals surface area contributed by atoms with Crippen LogP contribution in [0.2, 0.25) is 0 Å². The third-order valence-electron chi connectivity index (χ3n) is 5.86. The standard InChI is InChI=1S/C29H27NO5S2/c1-19(22-9-5-3-6-10-22)18-34-24-14-13-21(15-25(24)35-20(2)23-11-7-4-8-12-23)16-26-28(33)30(17-27(31)32)29(36)37-26/h3-16,19-20H,17-18H2,1-2H3,(H,31,32)/b26-16+/t19-,20-/m1/s1. The van der Waals surface area contributed by atoms with Crippen molar-refractivity contribution in [1.82, 2.24) is 4.90 Å². The average Bonchev–Trinajstić information content (AvgIpc) is 3.15. The molecule has 0 aliphatic carbocycles. The largest absolute Gasteiger partial charge is 0.489 e. The number of carbonyl (C=O) groups excluding carboxylic acids is 1. The van der Waals surface area contributed by atoms with E-state index in [-0.39, 0.29) is 16.3 Å². The highest BCUT2D eigenvalue weighted by Crippen LogP contribution is 2.36. The van der Waals surface area contributed by atoms with Gasteiger partial charge in [-0.3, -0.25) is 14.5 Å². The number of thiocarbonyl (C=S) groups is 1. The lowest BCUT2D eigenvalue weighted by atomic mass is 10.0. The van der Waals surface area contributed by atoms with Crippen LogP contribution in [0.1, 0.15) is 42.6 Å². The third-order valence-corrected chi connectivity index (χ3v) is 7.24.